The summed E-state index contributed by atoms with van der Waals surface area (Å²) in [6.45, 7) is 2.97. The van der Waals surface area contributed by atoms with Gasteiger partial charge >= 0.3 is 6.18 Å². The van der Waals surface area contributed by atoms with E-state index in [1.807, 2.05) is 9.80 Å². The molecule has 2 aromatic rings. The maximum absolute atomic E-state index is 13.6. The van der Waals surface area contributed by atoms with Crippen molar-refractivity contribution in [2.24, 2.45) is 0 Å². The first-order chi connectivity index (χ1) is 13.3. The number of nitrogens with one attached hydrogen (secondary N) is 1. The number of rotatable bonds is 5. The van der Waals surface area contributed by atoms with Crippen molar-refractivity contribution in [1.29, 1.82) is 0 Å². The predicted octanol–water partition coefficient (Wildman–Crippen LogP) is 3.00. The summed E-state index contributed by atoms with van der Waals surface area (Å²) in [5.41, 5.74) is -0.203. The number of halogens is 4. The van der Waals surface area contributed by atoms with Gasteiger partial charge in [-0.15, -0.1) is 0 Å². The number of nitrogens with zero attached hydrogens (tertiary/aromatic N) is 3. The highest BCUT2D eigenvalue weighted by Gasteiger charge is 2.32. The quantitative estimate of drug-likeness (QED) is 0.790. The lowest BCUT2D eigenvalue weighted by Gasteiger charge is -2.34. The van der Waals surface area contributed by atoms with Crippen molar-refractivity contribution in [1.82, 2.24) is 14.8 Å². The van der Waals surface area contributed by atoms with E-state index in [9.17, 15) is 22.4 Å². The number of alkyl halides is 3. The monoisotopic (exact) mass is 396 g/mol. The Kier molecular flexibility index (Phi) is 6.25. The minimum absolute atomic E-state index is 0.135. The molecule has 0 bridgehead atoms. The van der Waals surface area contributed by atoms with E-state index < -0.39 is 17.7 Å². The number of hydrogen-bond donors (Lipinski definition) is 1. The Morgan fingerprint density at radius 3 is 2.43 bits per heavy atom. The molecule has 0 aliphatic carbocycles. The molecule has 0 spiro atoms. The predicted molar refractivity (Wildman–Crippen MR) is 96.0 cm³/mol. The van der Waals surface area contributed by atoms with Crippen molar-refractivity contribution in [2.45, 2.75) is 12.7 Å². The highest BCUT2D eigenvalue weighted by molar-refractivity contribution is 5.92. The number of anilines is 1. The Morgan fingerprint density at radius 2 is 1.75 bits per heavy atom. The Bertz CT molecular complexity index is 820. The normalized spacial score (nSPS) is 16.1. The van der Waals surface area contributed by atoms with E-state index in [1.54, 1.807) is 18.2 Å². The molecule has 5 nitrogen and oxygen atoms in total. The van der Waals surface area contributed by atoms with Crippen molar-refractivity contribution >= 4 is 11.6 Å². The number of pyridine rings is 1. The fourth-order valence-corrected chi connectivity index (χ4v) is 3.05. The number of carbonyl (C=O) groups excluding carboxylic acids is 1. The third-order valence-electron chi connectivity index (χ3n) is 4.50. The van der Waals surface area contributed by atoms with Crippen LogP contribution in [0.1, 0.15) is 11.3 Å². The van der Waals surface area contributed by atoms with Gasteiger partial charge < -0.3 is 5.32 Å². The number of piperazine rings is 1. The summed E-state index contributed by atoms with van der Waals surface area (Å²) in [4.78, 5) is 19.4. The van der Waals surface area contributed by atoms with E-state index in [1.165, 1.54) is 18.3 Å². The first-order valence-corrected chi connectivity index (χ1v) is 8.82. The van der Waals surface area contributed by atoms with Crippen molar-refractivity contribution in [3.05, 3.63) is 59.7 Å². The average Bonchev–Trinajstić information content (AvgIpc) is 2.65. The lowest BCUT2D eigenvalue weighted by atomic mass is 10.2. The van der Waals surface area contributed by atoms with Crippen LogP contribution in [-0.2, 0) is 17.5 Å². The average molecular weight is 396 g/mol. The van der Waals surface area contributed by atoms with Gasteiger partial charge in [-0.3, -0.25) is 19.6 Å². The Balaban J connectivity index is 1.47. The van der Waals surface area contributed by atoms with E-state index in [2.05, 4.69) is 10.3 Å². The van der Waals surface area contributed by atoms with Crippen molar-refractivity contribution in [2.75, 3.05) is 38.0 Å². The summed E-state index contributed by atoms with van der Waals surface area (Å²) < 4.78 is 51.8. The molecule has 1 fully saturated rings. The molecule has 0 atom stereocenters. The first kappa shape index (κ1) is 20.2. The fraction of sp³-hybridized carbons (Fsp3) is 0.368. The van der Waals surface area contributed by atoms with Crippen LogP contribution < -0.4 is 5.32 Å². The van der Waals surface area contributed by atoms with Crippen LogP contribution in [0.15, 0.2) is 42.6 Å². The van der Waals surface area contributed by atoms with Crippen LogP contribution >= 0.6 is 0 Å². The second-order valence-electron chi connectivity index (χ2n) is 6.63. The van der Waals surface area contributed by atoms with Crippen LogP contribution in [0.3, 0.4) is 0 Å². The van der Waals surface area contributed by atoms with Crippen LogP contribution in [0.4, 0.5) is 23.2 Å². The third kappa shape index (κ3) is 5.49. The van der Waals surface area contributed by atoms with Gasteiger partial charge in [0.1, 0.15) is 11.5 Å². The molecule has 9 heteroatoms. The smallest absolute Gasteiger partial charge is 0.322 e. The van der Waals surface area contributed by atoms with E-state index in [0.29, 0.717) is 38.3 Å². The lowest BCUT2D eigenvalue weighted by Crippen LogP contribution is -2.48. The SMILES string of the molecule is O=C(CN1CCN(Cc2ccnc(C(F)(F)F)c2)CC1)Nc1ccccc1F. The van der Waals surface area contributed by atoms with Gasteiger partial charge in [0.15, 0.2) is 0 Å². The maximum atomic E-state index is 13.6. The second-order valence-corrected chi connectivity index (χ2v) is 6.63. The molecule has 0 unspecified atom stereocenters. The number of hydrogen-bond acceptors (Lipinski definition) is 4. The molecular formula is C19H20F4N4O. The van der Waals surface area contributed by atoms with Gasteiger partial charge in [0.25, 0.3) is 0 Å². The van der Waals surface area contributed by atoms with Crippen LogP contribution in [0.25, 0.3) is 0 Å². The number of carbonyl (C=O) groups is 1. The molecule has 1 aliphatic heterocycles. The fourth-order valence-electron chi connectivity index (χ4n) is 3.05. The zero-order chi connectivity index (χ0) is 20.1. The van der Waals surface area contributed by atoms with E-state index in [0.717, 1.165) is 6.07 Å². The Labute approximate surface area is 160 Å². The summed E-state index contributed by atoms with van der Waals surface area (Å²) in [6, 6.07) is 8.59. The molecule has 3 rings (SSSR count). The van der Waals surface area contributed by atoms with Crippen LogP contribution in [-0.4, -0.2) is 53.4 Å². The van der Waals surface area contributed by atoms with E-state index in [4.69, 9.17) is 0 Å². The highest BCUT2D eigenvalue weighted by atomic mass is 19.4. The minimum Gasteiger partial charge on any atom is -0.322 e. The van der Waals surface area contributed by atoms with Crippen molar-refractivity contribution < 1.29 is 22.4 Å². The summed E-state index contributed by atoms with van der Waals surface area (Å²) in [7, 11) is 0. The Morgan fingerprint density at radius 1 is 1.07 bits per heavy atom. The second kappa shape index (κ2) is 8.66. The van der Waals surface area contributed by atoms with E-state index >= 15 is 0 Å². The van der Waals surface area contributed by atoms with Crippen LogP contribution in [0, 0.1) is 5.82 Å². The van der Waals surface area contributed by atoms with Gasteiger partial charge in [0, 0.05) is 38.9 Å². The lowest BCUT2D eigenvalue weighted by molar-refractivity contribution is -0.141. The minimum atomic E-state index is -4.46. The molecule has 0 radical (unpaired) electrons. The largest absolute Gasteiger partial charge is 0.433 e. The number of para-hydroxylation sites is 1. The summed E-state index contributed by atoms with van der Waals surface area (Å²) in [5, 5.41) is 2.55. The molecule has 1 N–H and O–H groups in total. The van der Waals surface area contributed by atoms with Gasteiger partial charge in [-0.25, -0.2) is 4.39 Å². The highest BCUT2D eigenvalue weighted by Crippen LogP contribution is 2.28. The molecule has 1 amide bonds. The Hall–Kier alpha value is -2.52. The number of benzene rings is 1. The third-order valence-corrected chi connectivity index (χ3v) is 4.50. The molecule has 2 heterocycles. The summed E-state index contributed by atoms with van der Waals surface area (Å²) >= 11 is 0. The molecule has 1 aromatic carbocycles. The topological polar surface area (TPSA) is 48.5 Å². The van der Waals surface area contributed by atoms with Gasteiger partial charge in [0.05, 0.1) is 12.2 Å². The zero-order valence-electron chi connectivity index (χ0n) is 15.0. The summed E-state index contributed by atoms with van der Waals surface area (Å²) in [6.07, 6.45) is -3.29. The van der Waals surface area contributed by atoms with Gasteiger partial charge in [0.2, 0.25) is 5.91 Å². The number of aromatic nitrogens is 1. The number of amides is 1. The zero-order valence-corrected chi connectivity index (χ0v) is 15.0. The van der Waals surface area contributed by atoms with Crippen LogP contribution in [0.2, 0.25) is 0 Å². The first-order valence-electron chi connectivity index (χ1n) is 8.82. The van der Waals surface area contributed by atoms with Gasteiger partial charge in [-0.1, -0.05) is 12.1 Å². The van der Waals surface area contributed by atoms with Crippen molar-refractivity contribution in [3.8, 4) is 0 Å². The van der Waals surface area contributed by atoms with Crippen molar-refractivity contribution in [3.63, 3.8) is 0 Å². The molecule has 28 heavy (non-hydrogen) atoms. The molecule has 150 valence electrons. The van der Waals surface area contributed by atoms with Gasteiger partial charge in [-0.05, 0) is 29.8 Å². The van der Waals surface area contributed by atoms with Crippen LogP contribution in [0.5, 0.6) is 0 Å². The van der Waals surface area contributed by atoms with Gasteiger partial charge in [-0.2, -0.15) is 13.2 Å². The van der Waals surface area contributed by atoms with E-state index in [-0.39, 0.29) is 18.1 Å². The molecular weight excluding hydrogens is 376 g/mol. The molecule has 1 aliphatic rings. The molecule has 1 saturated heterocycles. The molecule has 0 saturated carbocycles. The summed E-state index contributed by atoms with van der Waals surface area (Å²) in [5.74, 6) is -0.793. The maximum Gasteiger partial charge on any atom is 0.433 e. The molecule has 1 aromatic heterocycles. The standard InChI is InChI=1S/C19H20F4N4O/c20-15-3-1-2-4-16(15)25-18(28)13-27-9-7-26(8-10-27)12-14-5-6-24-17(11-14)19(21,22)23/h1-6,11H,7-10,12-13H2,(H,25,28).